The third-order valence-electron chi connectivity index (χ3n) is 3.66. The van der Waals surface area contributed by atoms with Crippen molar-refractivity contribution in [1.29, 1.82) is 0 Å². The molecule has 4 rings (SSSR count). The molecular formula is C17H14N4O3S2. The van der Waals surface area contributed by atoms with Gasteiger partial charge in [-0.3, -0.25) is 15.6 Å². The van der Waals surface area contributed by atoms with Gasteiger partial charge in [0, 0.05) is 6.07 Å². The molecule has 26 heavy (non-hydrogen) atoms. The molecule has 7 nitrogen and oxygen atoms in total. The van der Waals surface area contributed by atoms with Gasteiger partial charge in [-0.15, -0.1) is 11.3 Å². The highest BCUT2D eigenvalue weighted by molar-refractivity contribution is 7.22. The molecule has 0 saturated carbocycles. The molecule has 4 aromatic rings. The number of hydrogen-bond acceptors (Lipinski definition) is 8. The van der Waals surface area contributed by atoms with Crippen molar-refractivity contribution in [3.63, 3.8) is 0 Å². The van der Waals surface area contributed by atoms with Gasteiger partial charge in [0.05, 0.1) is 29.1 Å². The van der Waals surface area contributed by atoms with E-state index in [1.165, 1.54) is 22.7 Å². The molecule has 0 bridgehead atoms. The molecule has 0 unspecified atom stereocenters. The van der Waals surface area contributed by atoms with Crippen molar-refractivity contribution in [3.05, 3.63) is 41.4 Å². The van der Waals surface area contributed by atoms with E-state index in [1.807, 2.05) is 30.3 Å². The smallest absolute Gasteiger partial charge is 0.298 e. The molecule has 0 spiro atoms. The molecule has 0 radical (unpaired) electrons. The maximum absolute atomic E-state index is 12.3. The van der Waals surface area contributed by atoms with Crippen LogP contribution in [0.15, 0.2) is 36.4 Å². The maximum Gasteiger partial charge on any atom is 0.298 e. The quantitative estimate of drug-likeness (QED) is 0.509. The highest BCUT2D eigenvalue weighted by atomic mass is 32.1. The SMILES string of the molecule is COc1cc(OC)c2nc(NNC(=O)c3nc4ccccc4s3)sc2c1. The zero-order valence-corrected chi connectivity index (χ0v) is 15.5. The lowest BCUT2D eigenvalue weighted by atomic mass is 10.3. The van der Waals surface area contributed by atoms with Gasteiger partial charge in [-0.05, 0) is 18.2 Å². The Hall–Kier alpha value is -2.91. The first-order valence-electron chi connectivity index (χ1n) is 7.62. The average molecular weight is 386 g/mol. The minimum absolute atomic E-state index is 0.310. The number of hydrazine groups is 1. The van der Waals surface area contributed by atoms with Crippen molar-refractivity contribution in [1.82, 2.24) is 15.4 Å². The van der Waals surface area contributed by atoms with Crippen molar-refractivity contribution in [2.75, 3.05) is 19.6 Å². The zero-order valence-electron chi connectivity index (χ0n) is 13.9. The molecule has 2 heterocycles. The van der Waals surface area contributed by atoms with Crippen LogP contribution in [0.4, 0.5) is 5.13 Å². The van der Waals surface area contributed by atoms with Crippen LogP contribution in [0.25, 0.3) is 20.4 Å². The topological polar surface area (TPSA) is 85.4 Å². The predicted octanol–water partition coefficient (Wildman–Crippen LogP) is 3.68. The number of rotatable bonds is 5. The molecule has 2 aromatic carbocycles. The Morgan fingerprint density at radius 3 is 2.65 bits per heavy atom. The number of carbonyl (C=O) groups is 1. The summed E-state index contributed by atoms with van der Waals surface area (Å²) in [6.07, 6.45) is 0. The van der Waals surface area contributed by atoms with E-state index in [1.54, 1.807) is 20.3 Å². The van der Waals surface area contributed by atoms with Crippen molar-refractivity contribution in [3.8, 4) is 11.5 Å². The van der Waals surface area contributed by atoms with Crippen molar-refractivity contribution < 1.29 is 14.3 Å². The van der Waals surface area contributed by atoms with Crippen LogP contribution in [-0.4, -0.2) is 30.1 Å². The van der Waals surface area contributed by atoms with E-state index < -0.39 is 0 Å². The Labute approximate surface area is 156 Å². The van der Waals surface area contributed by atoms with Gasteiger partial charge in [0.25, 0.3) is 5.91 Å². The predicted molar refractivity (Wildman–Crippen MR) is 103 cm³/mol. The summed E-state index contributed by atoms with van der Waals surface area (Å²) in [7, 11) is 3.18. The number of amides is 1. The number of para-hydroxylation sites is 1. The highest BCUT2D eigenvalue weighted by Crippen LogP contribution is 2.36. The average Bonchev–Trinajstić information content (AvgIpc) is 3.28. The summed E-state index contributed by atoms with van der Waals surface area (Å²) in [6.45, 7) is 0. The molecule has 0 atom stereocenters. The Morgan fingerprint density at radius 2 is 1.88 bits per heavy atom. The van der Waals surface area contributed by atoms with Crippen molar-refractivity contribution >= 4 is 54.1 Å². The molecule has 0 aliphatic rings. The van der Waals surface area contributed by atoms with Crippen molar-refractivity contribution in [2.24, 2.45) is 0 Å². The number of ether oxygens (including phenoxy) is 2. The lowest BCUT2D eigenvalue weighted by molar-refractivity contribution is 0.0962. The number of nitrogens with zero attached hydrogens (tertiary/aromatic N) is 2. The number of benzene rings is 2. The molecule has 0 fully saturated rings. The van der Waals surface area contributed by atoms with Gasteiger partial charge < -0.3 is 9.47 Å². The summed E-state index contributed by atoms with van der Waals surface area (Å²) in [4.78, 5) is 21.1. The second-order valence-electron chi connectivity index (χ2n) is 5.26. The summed E-state index contributed by atoms with van der Waals surface area (Å²) in [5.41, 5.74) is 6.99. The summed E-state index contributed by atoms with van der Waals surface area (Å²) in [5.74, 6) is 0.985. The second-order valence-corrected chi connectivity index (χ2v) is 7.32. The molecule has 0 saturated heterocycles. The molecule has 2 N–H and O–H groups in total. The van der Waals surface area contributed by atoms with Crippen LogP contribution in [0.3, 0.4) is 0 Å². The third kappa shape index (κ3) is 3.02. The number of fused-ring (bicyclic) bond motifs is 2. The normalized spacial score (nSPS) is 10.8. The van der Waals surface area contributed by atoms with E-state index in [2.05, 4.69) is 20.8 Å². The largest absolute Gasteiger partial charge is 0.497 e. The van der Waals surface area contributed by atoms with E-state index in [4.69, 9.17) is 9.47 Å². The Kier molecular flexibility index (Phi) is 4.31. The molecule has 0 aliphatic heterocycles. The summed E-state index contributed by atoms with van der Waals surface area (Å²) in [5, 5.41) is 0.931. The number of hydrogen-bond donors (Lipinski definition) is 2. The zero-order chi connectivity index (χ0) is 18.1. The van der Waals surface area contributed by atoms with E-state index >= 15 is 0 Å². The fourth-order valence-electron chi connectivity index (χ4n) is 2.43. The van der Waals surface area contributed by atoms with Crippen LogP contribution < -0.4 is 20.3 Å². The summed E-state index contributed by atoms with van der Waals surface area (Å²) in [6, 6.07) is 11.3. The maximum atomic E-state index is 12.3. The van der Waals surface area contributed by atoms with E-state index in [9.17, 15) is 4.79 Å². The van der Waals surface area contributed by atoms with Crippen LogP contribution in [0, 0.1) is 0 Å². The van der Waals surface area contributed by atoms with Gasteiger partial charge in [0.1, 0.15) is 17.0 Å². The second kappa shape index (κ2) is 6.77. The van der Waals surface area contributed by atoms with Gasteiger partial charge in [-0.2, -0.15) is 0 Å². The highest BCUT2D eigenvalue weighted by Gasteiger charge is 2.14. The lowest BCUT2D eigenvalue weighted by Crippen LogP contribution is -2.29. The number of nitrogens with one attached hydrogen (secondary N) is 2. The van der Waals surface area contributed by atoms with E-state index in [0.717, 1.165) is 14.9 Å². The Balaban J connectivity index is 1.54. The van der Waals surface area contributed by atoms with Crippen LogP contribution in [0.1, 0.15) is 9.80 Å². The standard InChI is InChI=1S/C17H14N4O3S2/c1-23-9-7-11(24-2)14-13(8-9)26-17(19-14)21-20-15(22)16-18-10-5-3-4-6-12(10)25-16/h3-8H,1-2H3,(H,19,21)(H,20,22). The fraction of sp³-hybridized carbons (Fsp3) is 0.118. The van der Waals surface area contributed by atoms with Gasteiger partial charge >= 0.3 is 0 Å². The van der Waals surface area contributed by atoms with Gasteiger partial charge in [0.2, 0.25) is 5.13 Å². The molecule has 1 amide bonds. The molecule has 0 aliphatic carbocycles. The lowest BCUT2D eigenvalue weighted by Gasteiger charge is -2.04. The number of thiazole rings is 2. The minimum Gasteiger partial charge on any atom is -0.497 e. The monoisotopic (exact) mass is 386 g/mol. The molecule has 9 heteroatoms. The Bertz CT molecular complexity index is 1070. The van der Waals surface area contributed by atoms with Crippen LogP contribution in [0.5, 0.6) is 11.5 Å². The molecular weight excluding hydrogens is 372 g/mol. The van der Waals surface area contributed by atoms with Gasteiger partial charge in [-0.1, -0.05) is 23.5 Å². The minimum atomic E-state index is -0.310. The number of anilines is 1. The summed E-state index contributed by atoms with van der Waals surface area (Å²) < 4.78 is 12.5. The molecule has 2 aromatic heterocycles. The number of carbonyl (C=O) groups excluding carboxylic acids is 1. The first-order chi connectivity index (χ1) is 12.7. The molecule has 132 valence electrons. The van der Waals surface area contributed by atoms with Crippen LogP contribution in [0.2, 0.25) is 0 Å². The third-order valence-corrected chi connectivity index (χ3v) is 5.61. The van der Waals surface area contributed by atoms with E-state index in [0.29, 0.717) is 27.2 Å². The fourth-order valence-corrected chi connectivity index (χ4v) is 4.16. The van der Waals surface area contributed by atoms with Crippen LogP contribution >= 0.6 is 22.7 Å². The van der Waals surface area contributed by atoms with Gasteiger partial charge in [-0.25, -0.2) is 9.97 Å². The number of aromatic nitrogens is 2. The number of methoxy groups -OCH3 is 2. The van der Waals surface area contributed by atoms with Gasteiger partial charge in [0.15, 0.2) is 5.01 Å². The first kappa shape index (κ1) is 16.6. The van der Waals surface area contributed by atoms with E-state index in [-0.39, 0.29) is 5.91 Å². The van der Waals surface area contributed by atoms with Crippen LogP contribution in [-0.2, 0) is 0 Å². The summed E-state index contributed by atoms with van der Waals surface area (Å²) >= 11 is 2.72. The Morgan fingerprint density at radius 1 is 1.04 bits per heavy atom. The van der Waals surface area contributed by atoms with Crippen molar-refractivity contribution in [2.45, 2.75) is 0 Å². The first-order valence-corrected chi connectivity index (χ1v) is 9.25.